The third-order valence-electron chi connectivity index (χ3n) is 4.42. The van der Waals surface area contributed by atoms with E-state index in [1.807, 2.05) is 61.5 Å². The van der Waals surface area contributed by atoms with Crippen LogP contribution in [0.4, 0.5) is 28.8 Å². The van der Waals surface area contributed by atoms with Gasteiger partial charge in [-0.15, -0.1) is 6.58 Å². The largest absolute Gasteiger partial charge is 0.495 e. The van der Waals surface area contributed by atoms with E-state index in [0.29, 0.717) is 41.3 Å². The molecule has 3 rings (SSSR count). The molecule has 0 fully saturated rings. The summed E-state index contributed by atoms with van der Waals surface area (Å²) in [5, 5.41) is 10.2. The van der Waals surface area contributed by atoms with Crippen LogP contribution in [0.15, 0.2) is 61.3 Å². The van der Waals surface area contributed by atoms with Gasteiger partial charge in [0, 0.05) is 18.3 Å². The average molecular weight is 463 g/mol. The molecular weight excluding hydrogens is 436 g/mol. The number of benzene rings is 2. The Labute approximate surface area is 199 Å². The van der Waals surface area contributed by atoms with Gasteiger partial charge >= 0.3 is 0 Å². The molecule has 0 saturated carbocycles. The van der Waals surface area contributed by atoms with Crippen molar-refractivity contribution in [2.24, 2.45) is 0 Å². The van der Waals surface area contributed by atoms with Gasteiger partial charge in [-0.3, -0.25) is 4.90 Å². The van der Waals surface area contributed by atoms with Crippen LogP contribution in [0.2, 0.25) is 5.02 Å². The van der Waals surface area contributed by atoms with Gasteiger partial charge in [-0.1, -0.05) is 47.7 Å². The van der Waals surface area contributed by atoms with E-state index >= 15 is 0 Å². The highest BCUT2D eigenvalue weighted by Crippen LogP contribution is 2.33. The molecule has 0 saturated heterocycles. The summed E-state index contributed by atoms with van der Waals surface area (Å²) in [4.78, 5) is 10.9. The van der Waals surface area contributed by atoms with Gasteiger partial charge in [0.15, 0.2) is 5.82 Å². The lowest BCUT2D eigenvalue weighted by atomic mass is 10.1. The first kappa shape index (κ1) is 23.9. The van der Waals surface area contributed by atoms with Crippen molar-refractivity contribution in [1.82, 2.24) is 14.9 Å². The Morgan fingerprint density at radius 1 is 1.15 bits per heavy atom. The van der Waals surface area contributed by atoms with Crippen molar-refractivity contribution < 1.29 is 4.74 Å². The Morgan fingerprint density at radius 3 is 2.64 bits per heavy atom. The Hall–Kier alpha value is -3.73. The Kier molecular flexibility index (Phi) is 8.53. The van der Waals surface area contributed by atoms with E-state index in [0.717, 1.165) is 16.9 Å². The number of anilines is 5. The van der Waals surface area contributed by atoms with Gasteiger partial charge in [-0.2, -0.15) is 4.98 Å². The molecule has 0 spiro atoms. The lowest BCUT2D eigenvalue weighted by Gasteiger charge is -2.16. The van der Waals surface area contributed by atoms with E-state index in [4.69, 9.17) is 16.3 Å². The van der Waals surface area contributed by atoms with Crippen molar-refractivity contribution in [2.45, 2.75) is 0 Å². The predicted molar refractivity (Wildman–Crippen MR) is 137 cm³/mol. The number of hydrogen-bond acceptors (Lipinski definition) is 7. The number of halogens is 1. The quantitative estimate of drug-likeness (QED) is 0.300. The number of para-hydroxylation sites is 1. The lowest BCUT2D eigenvalue weighted by molar-refractivity contribution is 0.416. The van der Waals surface area contributed by atoms with Crippen molar-refractivity contribution in [1.29, 1.82) is 0 Å². The van der Waals surface area contributed by atoms with Crippen molar-refractivity contribution in [2.75, 3.05) is 50.2 Å². The maximum atomic E-state index is 6.30. The smallest absolute Gasteiger partial charge is 0.229 e. The zero-order valence-corrected chi connectivity index (χ0v) is 19.7. The number of rotatable bonds is 9. The van der Waals surface area contributed by atoms with E-state index in [2.05, 4.69) is 44.3 Å². The summed E-state index contributed by atoms with van der Waals surface area (Å²) in [5.41, 5.74) is 3.24. The first-order valence-corrected chi connectivity index (χ1v) is 10.7. The molecule has 0 unspecified atom stereocenters. The molecular formula is C25H27ClN6O. The Bertz CT molecular complexity index is 1150. The fraction of sp³-hybridized carbons (Fsp3) is 0.200. The molecule has 1 heterocycles. The third-order valence-corrected chi connectivity index (χ3v) is 4.70. The first-order valence-electron chi connectivity index (χ1n) is 10.3. The minimum Gasteiger partial charge on any atom is -0.495 e. The molecule has 0 atom stereocenters. The summed E-state index contributed by atoms with van der Waals surface area (Å²) in [6.45, 7) is 5.03. The average Bonchev–Trinajstić information content (AvgIpc) is 2.81. The van der Waals surface area contributed by atoms with Crippen molar-refractivity contribution in [3.63, 3.8) is 0 Å². The molecule has 3 N–H and O–H groups in total. The molecule has 3 aromatic rings. The summed E-state index contributed by atoms with van der Waals surface area (Å²) >= 11 is 6.30. The summed E-state index contributed by atoms with van der Waals surface area (Å²) in [6.07, 6.45) is 3.34. The van der Waals surface area contributed by atoms with Crippen LogP contribution in [0, 0.1) is 11.8 Å². The molecule has 170 valence electrons. The summed E-state index contributed by atoms with van der Waals surface area (Å²) in [7, 11) is 5.57. The molecule has 0 amide bonds. The molecule has 0 radical (unpaired) electrons. The van der Waals surface area contributed by atoms with E-state index in [-0.39, 0.29) is 0 Å². The van der Waals surface area contributed by atoms with Crippen LogP contribution in [0.3, 0.4) is 0 Å². The summed E-state index contributed by atoms with van der Waals surface area (Å²) < 4.78 is 5.61. The molecule has 7 nitrogen and oxygen atoms in total. The molecule has 0 aliphatic carbocycles. The second-order valence-electron chi connectivity index (χ2n) is 7.31. The first-order chi connectivity index (χ1) is 16.0. The van der Waals surface area contributed by atoms with Gasteiger partial charge in [-0.25, -0.2) is 4.98 Å². The Morgan fingerprint density at radius 2 is 1.94 bits per heavy atom. The molecule has 0 bridgehead atoms. The maximum absolute atomic E-state index is 6.30. The zero-order chi connectivity index (χ0) is 23.6. The van der Waals surface area contributed by atoms with Crippen LogP contribution in [-0.4, -0.2) is 49.2 Å². The monoisotopic (exact) mass is 462 g/mol. The van der Waals surface area contributed by atoms with E-state index in [1.54, 1.807) is 19.4 Å². The van der Waals surface area contributed by atoms with Crippen LogP contribution in [0.25, 0.3) is 0 Å². The van der Waals surface area contributed by atoms with Gasteiger partial charge in [0.25, 0.3) is 0 Å². The molecule has 0 aliphatic rings. The fourth-order valence-corrected chi connectivity index (χ4v) is 3.00. The molecule has 2 aromatic carbocycles. The number of ether oxygens (including phenoxy) is 1. The second-order valence-corrected chi connectivity index (χ2v) is 7.72. The fourth-order valence-electron chi connectivity index (χ4n) is 2.86. The molecule has 8 heteroatoms. The number of nitrogens with one attached hydrogen (secondary N) is 3. The summed E-state index contributed by atoms with van der Waals surface area (Å²) in [5.74, 6) is 7.85. The SMILES string of the molecule is C=CCNc1cc(Nc2ncc(Cl)c(Nc3ccccc3)n2)c(OC)cc1C#CCN(C)C. The zero-order valence-electron chi connectivity index (χ0n) is 18.9. The second kappa shape index (κ2) is 11.8. The standard InChI is InChI=1S/C25H27ClN6O/c1-5-13-27-21-16-22(23(33-4)15-18(21)10-9-14-32(2)3)30-25-28-17-20(26)24(31-25)29-19-11-7-6-8-12-19/h5-8,11-12,15-17,27H,1,13-14H2,2-4H3,(H2,28,29,30,31). The number of methoxy groups -OCH3 is 1. The van der Waals surface area contributed by atoms with Gasteiger partial charge < -0.3 is 20.7 Å². The van der Waals surface area contributed by atoms with E-state index < -0.39 is 0 Å². The van der Waals surface area contributed by atoms with Crippen LogP contribution in [0.5, 0.6) is 5.75 Å². The number of aromatic nitrogens is 2. The van der Waals surface area contributed by atoms with E-state index in [1.165, 1.54) is 0 Å². The highest BCUT2D eigenvalue weighted by atomic mass is 35.5. The van der Waals surface area contributed by atoms with Gasteiger partial charge in [-0.05, 0) is 32.3 Å². The minimum atomic E-state index is 0.372. The van der Waals surface area contributed by atoms with Crippen LogP contribution >= 0.6 is 11.6 Å². The van der Waals surface area contributed by atoms with Crippen LogP contribution < -0.4 is 20.7 Å². The summed E-state index contributed by atoms with van der Waals surface area (Å²) in [6, 6.07) is 13.5. The highest BCUT2D eigenvalue weighted by Gasteiger charge is 2.13. The number of nitrogens with zero attached hydrogens (tertiary/aromatic N) is 3. The normalized spacial score (nSPS) is 10.2. The molecule has 1 aromatic heterocycles. The minimum absolute atomic E-state index is 0.372. The Balaban J connectivity index is 1.92. The van der Waals surface area contributed by atoms with Gasteiger partial charge in [0.1, 0.15) is 10.8 Å². The van der Waals surface area contributed by atoms with Crippen molar-refractivity contribution >= 4 is 40.4 Å². The van der Waals surface area contributed by atoms with Crippen molar-refractivity contribution in [3.8, 4) is 17.6 Å². The van der Waals surface area contributed by atoms with E-state index in [9.17, 15) is 0 Å². The van der Waals surface area contributed by atoms with Crippen LogP contribution in [0.1, 0.15) is 5.56 Å². The molecule has 0 aliphatic heterocycles. The third kappa shape index (κ3) is 6.88. The maximum Gasteiger partial charge on any atom is 0.229 e. The lowest BCUT2D eigenvalue weighted by Crippen LogP contribution is -2.11. The van der Waals surface area contributed by atoms with Crippen molar-refractivity contribution in [3.05, 3.63) is 71.9 Å². The number of hydrogen-bond donors (Lipinski definition) is 3. The van der Waals surface area contributed by atoms with Gasteiger partial charge in [0.2, 0.25) is 5.95 Å². The van der Waals surface area contributed by atoms with Gasteiger partial charge in [0.05, 0.1) is 36.8 Å². The van der Waals surface area contributed by atoms with Crippen LogP contribution in [-0.2, 0) is 0 Å². The topological polar surface area (TPSA) is 74.3 Å². The highest BCUT2D eigenvalue weighted by molar-refractivity contribution is 6.32. The predicted octanol–water partition coefficient (Wildman–Crippen LogP) is 5.14. The molecule has 33 heavy (non-hydrogen) atoms.